The maximum absolute atomic E-state index is 13.9. The lowest BCUT2D eigenvalue weighted by atomic mass is 10.1. The van der Waals surface area contributed by atoms with Crippen molar-refractivity contribution in [3.8, 4) is 11.5 Å². The summed E-state index contributed by atoms with van der Waals surface area (Å²) in [5, 5.41) is 10.2. The van der Waals surface area contributed by atoms with Crippen LogP contribution in [-0.4, -0.2) is 39.9 Å². The summed E-state index contributed by atoms with van der Waals surface area (Å²) in [7, 11) is 0. The Morgan fingerprint density at radius 3 is 2.47 bits per heavy atom. The highest BCUT2D eigenvalue weighted by Crippen LogP contribution is 2.35. The summed E-state index contributed by atoms with van der Waals surface area (Å²) in [5.41, 5.74) is 0.909. The molecule has 0 radical (unpaired) electrons. The number of carbonyl (C=O) groups is 3. The standard InChI is InChI=1S/C27H21FN2O7S/c1-2-36-24-13-17(7-12-23(24)37-16-19-5-3-4-6-21(19)28)14-25-26(32)29(27(33)38-25)15-22(31)18-8-10-20(11-9-18)30(34)35/h3-14H,2,15-16H2,1H3/b25-14+. The second kappa shape index (κ2) is 11.7. The molecule has 4 rings (SSSR count). The van der Waals surface area contributed by atoms with E-state index < -0.39 is 28.4 Å². The van der Waals surface area contributed by atoms with Gasteiger partial charge in [0.1, 0.15) is 12.4 Å². The lowest BCUT2D eigenvalue weighted by molar-refractivity contribution is -0.384. The van der Waals surface area contributed by atoms with Gasteiger partial charge >= 0.3 is 0 Å². The number of ether oxygens (including phenoxy) is 2. The van der Waals surface area contributed by atoms with Gasteiger partial charge in [-0.1, -0.05) is 24.3 Å². The predicted molar refractivity (Wildman–Crippen MR) is 138 cm³/mol. The first kappa shape index (κ1) is 26.6. The van der Waals surface area contributed by atoms with Crippen LogP contribution in [0.15, 0.2) is 71.6 Å². The molecule has 9 nitrogen and oxygen atoms in total. The number of hydrogen-bond acceptors (Lipinski definition) is 8. The number of nitro groups is 1. The van der Waals surface area contributed by atoms with Crippen molar-refractivity contribution in [2.75, 3.05) is 13.2 Å². The number of nitro benzene ring substituents is 1. The molecule has 2 amide bonds. The molecule has 0 atom stereocenters. The Balaban J connectivity index is 1.48. The van der Waals surface area contributed by atoms with Crippen molar-refractivity contribution < 1.29 is 33.2 Å². The smallest absolute Gasteiger partial charge is 0.293 e. The van der Waals surface area contributed by atoms with E-state index in [0.29, 0.717) is 41.0 Å². The predicted octanol–water partition coefficient (Wildman–Crippen LogP) is 5.63. The normalized spacial score (nSPS) is 14.2. The van der Waals surface area contributed by atoms with Crippen LogP contribution in [0.25, 0.3) is 6.08 Å². The minimum absolute atomic E-state index is 0.00618. The van der Waals surface area contributed by atoms with Crippen molar-refractivity contribution in [3.05, 3.63) is 104 Å². The molecule has 1 saturated heterocycles. The third-order valence-electron chi connectivity index (χ3n) is 5.48. The summed E-state index contributed by atoms with van der Waals surface area (Å²) in [4.78, 5) is 49.1. The first-order valence-corrected chi connectivity index (χ1v) is 12.2. The lowest BCUT2D eigenvalue weighted by Gasteiger charge is -2.13. The Labute approximate surface area is 221 Å². The van der Waals surface area contributed by atoms with Crippen LogP contribution in [0.5, 0.6) is 11.5 Å². The van der Waals surface area contributed by atoms with Gasteiger partial charge in [-0.15, -0.1) is 0 Å². The molecule has 1 heterocycles. The number of carbonyl (C=O) groups excluding carboxylic acids is 3. The summed E-state index contributed by atoms with van der Waals surface area (Å²) in [6, 6.07) is 16.1. The molecular weight excluding hydrogens is 515 g/mol. The second-order valence-electron chi connectivity index (χ2n) is 8.01. The number of nitrogens with zero attached hydrogens (tertiary/aromatic N) is 2. The third kappa shape index (κ3) is 6.06. The molecule has 1 fully saturated rings. The van der Waals surface area contributed by atoms with Crippen LogP contribution in [0.4, 0.5) is 14.9 Å². The van der Waals surface area contributed by atoms with E-state index in [1.165, 1.54) is 36.4 Å². The number of ketones is 1. The van der Waals surface area contributed by atoms with Gasteiger partial charge < -0.3 is 9.47 Å². The van der Waals surface area contributed by atoms with Crippen LogP contribution in [0.2, 0.25) is 0 Å². The largest absolute Gasteiger partial charge is 0.490 e. The van der Waals surface area contributed by atoms with Crippen molar-refractivity contribution in [2.24, 2.45) is 0 Å². The van der Waals surface area contributed by atoms with Crippen molar-refractivity contribution in [1.82, 2.24) is 4.90 Å². The van der Waals surface area contributed by atoms with Gasteiger partial charge in [-0.3, -0.25) is 29.4 Å². The maximum atomic E-state index is 13.9. The summed E-state index contributed by atoms with van der Waals surface area (Å²) in [6.07, 6.45) is 1.50. The molecule has 1 aliphatic heterocycles. The number of rotatable bonds is 10. The zero-order valence-electron chi connectivity index (χ0n) is 20.1. The van der Waals surface area contributed by atoms with Gasteiger partial charge in [0.15, 0.2) is 17.3 Å². The maximum Gasteiger partial charge on any atom is 0.293 e. The Morgan fingerprint density at radius 1 is 1.05 bits per heavy atom. The first-order valence-electron chi connectivity index (χ1n) is 11.4. The van der Waals surface area contributed by atoms with Gasteiger partial charge in [-0.2, -0.15) is 0 Å². The van der Waals surface area contributed by atoms with Crippen LogP contribution in [0, 0.1) is 15.9 Å². The molecule has 11 heteroatoms. The molecule has 0 bridgehead atoms. The molecular formula is C27H21FN2O7S. The average molecular weight is 537 g/mol. The zero-order chi connectivity index (χ0) is 27.2. The molecule has 3 aromatic carbocycles. The highest BCUT2D eigenvalue weighted by atomic mass is 32.2. The van der Waals surface area contributed by atoms with Crippen LogP contribution in [-0.2, 0) is 11.4 Å². The van der Waals surface area contributed by atoms with Crippen molar-refractivity contribution >= 4 is 40.5 Å². The van der Waals surface area contributed by atoms with Crippen molar-refractivity contribution in [2.45, 2.75) is 13.5 Å². The summed E-state index contributed by atoms with van der Waals surface area (Å²) < 4.78 is 25.3. The number of Topliss-reactive ketones (excluding diaryl/α,β-unsaturated/α-hetero) is 1. The van der Waals surface area contributed by atoms with E-state index in [4.69, 9.17) is 9.47 Å². The van der Waals surface area contributed by atoms with E-state index in [-0.39, 0.29) is 28.6 Å². The number of thioether (sulfide) groups is 1. The zero-order valence-corrected chi connectivity index (χ0v) is 20.9. The summed E-state index contributed by atoms with van der Waals surface area (Å²) >= 11 is 0.696. The van der Waals surface area contributed by atoms with E-state index in [1.54, 1.807) is 43.3 Å². The van der Waals surface area contributed by atoms with E-state index >= 15 is 0 Å². The van der Waals surface area contributed by atoms with Crippen LogP contribution in [0.1, 0.15) is 28.4 Å². The van der Waals surface area contributed by atoms with Gasteiger partial charge in [-0.25, -0.2) is 4.39 Å². The van der Waals surface area contributed by atoms with Gasteiger partial charge in [0.25, 0.3) is 16.8 Å². The third-order valence-corrected chi connectivity index (χ3v) is 6.39. The molecule has 0 aromatic heterocycles. The van der Waals surface area contributed by atoms with Crippen LogP contribution < -0.4 is 9.47 Å². The van der Waals surface area contributed by atoms with E-state index in [9.17, 15) is 28.9 Å². The number of halogens is 1. The Kier molecular flexibility index (Phi) is 8.17. The fourth-order valence-electron chi connectivity index (χ4n) is 3.56. The number of hydrogen-bond donors (Lipinski definition) is 0. The molecule has 1 aliphatic rings. The van der Waals surface area contributed by atoms with Gasteiger partial charge in [0.05, 0.1) is 23.0 Å². The molecule has 0 saturated carbocycles. The molecule has 0 N–H and O–H groups in total. The molecule has 0 spiro atoms. The number of imide groups is 1. The molecule has 0 aliphatic carbocycles. The number of amides is 2. The molecule has 38 heavy (non-hydrogen) atoms. The molecule has 0 unspecified atom stereocenters. The fraction of sp³-hybridized carbons (Fsp3) is 0.148. The Hall–Kier alpha value is -4.51. The van der Waals surface area contributed by atoms with E-state index in [2.05, 4.69) is 0 Å². The number of benzene rings is 3. The van der Waals surface area contributed by atoms with Gasteiger partial charge in [0, 0.05) is 23.3 Å². The highest BCUT2D eigenvalue weighted by Gasteiger charge is 2.36. The lowest BCUT2D eigenvalue weighted by Crippen LogP contribution is -2.33. The van der Waals surface area contributed by atoms with Crippen molar-refractivity contribution in [1.29, 1.82) is 0 Å². The highest BCUT2D eigenvalue weighted by molar-refractivity contribution is 8.18. The van der Waals surface area contributed by atoms with E-state index in [0.717, 1.165) is 4.90 Å². The van der Waals surface area contributed by atoms with Crippen molar-refractivity contribution in [3.63, 3.8) is 0 Å². The quantitative estimate of drug-likeness (QED) is 0.142. The minimum atomic E-state index is -0.631. The molecule has 194 valence electrons. The Bertz CT molecular complexity index is 1440. The van der Waals surface area contributed by atoms with Gasteiger partial charge in [0.2, 0.25) is 0 Å². The first-order chi connectivity index (χ1) is 18.3. The summed E-state index contributed by atoms with van der Waals surface area (Å²) in [5.74, 6) is -0.782. The van der Waals surface area contributed by atoms with E-state index in [1.807, 2.05) is 0 Å². The monoisotopic (exact) mass is 536 g/mol. The topological polar surface area (TPSA) is 116 Å². The fourth-order valence-corrected chi connectivity index (χ4v) is 4.40. The van der Waals surface area contributed by atoms with Crippen LogP contribution >= 0.6 is 11.8 Å². The Morgan fingerprint density at radius 2 is 1.79 bits per heavy atom. The second-order valence-corrected chi connectivity index (χ2v) is 9.01. The number of non-ortho nitro benzene ring substituents is 1. The molecule has 3 aromatic rings. The SMILES string of the molecule is CCOc1cc(/C=C2/SC(=O)N(CC(=O)c3ccc([N+](=O)[O-])cc3)C2=O)ccc1OCc1ccccc1F. The average Bonchev–Trinajstić information content (AvgIpc) is 3.16. The minimum Gasteiger partial charge on any atom is -0.490 e. The van der Waals surface area contributed by atoms with Crippen LogP contribution in [0.3, 0.4) is 0 Å². The van der Waals surface area contributed by atoms with Gasteiger partial charge in [-0.05, 0) is 60.7 Å². The summed E-state index contributed by atoms with van der Waals surface area (Å²) in [6.45, 7) is 1.63.